The van der Waals surface area contributed by atoms with Gasteiger partial charge in [0.05, 0.1) is 6.42 Å². The second-order valence-electron chi connectivity index (χ2n) is 7.68. The van der Waals surface area contributed by atoms with Gasteiger partial charge in [0.25, 0.3) is 0 Å². The Morgan fingerprint density at radius 3 is 2.04 bits per heavy atom. The van der Waals surface area contributed by atoms with Crippen molar-refractivity contribution in [2.45, 2.75) is 52.9 Å². The Morgan fingerprint density at radius 1 is 1.00 bits per heavy atom. The molecule has 0 aromatic heterocycles. The highest BCUT2D eigenvalue weighted by atomic mass is 16.2. The van der Waals surface area contributed by atoms with Crippen LogP contribution >= 0.6 is 0 Å². The topological polar surface area (TPSA) is 40.6 Å². The molecule has 0 N–H and O–H groups in total. The van der Waals surface area contributed by atoms with E-state index in [0.717, 1.165) is 11.1 Å². The van der Waals surface area contributed by atoms with Gasteiger partial charge in [0.1, 0.15) is 0 Å². The van der Waals surface area contributed by atoms with Crippen molar-refractivity contribution in [3.63, 3.8) is 0 Å². The highest BCUT2D eigenvalue weighted by molar-refractivity contribution is 5.80. The second-order valence-corrected chi connectivity index (χ2v) is 7.68. The van der Waals surface area contributed by atoms with Crippen LogP contribution in [0.15, 0.2) is 18.2 Å². The van der Waals surface area contributed by atoms with Gasteiger partial charge in [0.2, 0.25) is 11.8 Å². The van der Waals surface area contributed by atoms with E-state index in [9.17, 15) is 9.59 Å². The number of piperazine rings is 1. The van der Waals surface area contributed by atoms with E-state index in [0.29, 0.717) is 39.0 Å². The van der Waals surface area contributed by atoms with Gasteiger partial charge in [-0.3, -0.25) is 9.59 Å². The molecule has 1 heterocycles. The average Bonchev–Trinajstić information content (AvgIpc) is 2.55. The lowest BCUT2D eigenvalue weighted by Crippen LogP contribution is -2.50. The van der Waals surface area contributed by atoms with Gasteiger partial charge in [-0.2, -0.15) is 0 Å². The van der Waals surface area contributed by atoms with E-state index < -0.39 is 0 Å². The smallest absolute Gasteiger partial charge is 0.227 e. The van der Waals surface area contributed by atoms with E-state index in [1.54, 1.807) is 0 Å². The number of hydrogen-bond donors (Lipinski definition) is 0. The highest BCUT2D eigenvalue weighted by Crippen LogP contribution is 2.25. The van der Waals surface area contributed by atoms with Crippen molar-refractivity contribution in [2.24, 2.45) is 0 Å². The first-order valence-corrected chi connectivity index (χ1v) is 8.88. The number of aryl methyl sites for hydroxylation is 1. The molecule has 0 saturated carbocycles. The van der Waals surface area contributed by atoms with Crippen LogP contribution in [0.4, 0.5) is 0 Å². The number of benzene rings is 1. The van der Waals surface area contributed by atoms with Crippen LogP contribution in [0.1, 0.15) is 50.8 Å². The predicted octanol–water partition coefficient (Wildman–Crippen LogP) is 2.92. The molecular weight excluding hydrogens is 300 g/mol. The molecule has 1 aromatic carbocycles. The fourth-order valence-electron chi connectivity index (χ4n) is 3.03. The van der Waals surface area contributed by atoms with E-state index in [4.69, 9.17) is 0 Å². The largest absolute Gasteiger partial charge is 0.339 e. The van der Waals surface area contributed by atoms with Crippen LogP contribution in [0.5, 0.6) is 0 Å². The molecule has 24 heavy (non-hydrogen) atoms. The monoisotopic (exact) mass is 330 g/mol. The van der Waals surface area contributed by atoms with E-state index in [2.05, 4.69) is 45.9 Å². The number of carbonyl (C=O) groups excluding carboxylic acids is 2. The third-order valence-corrected chi connectivity index (χ3v) is 4.84. The molecule has 4 heteroatoms. The van der Waals surface area contributed by atoms with E-state index in [1.807, 2.05) is 16.7 Å². The van der Waals surface area contributed by atoms with Crippen LogP contribution in [0.25, 0.3) is 0 Å². The fourth-order valence-corrected chi connectivity index (χ4v) is 3.03. The van der Waals surface area contributed by atoms with Crippen molar-refractivity contribution in [3.05, 3.63) is 34.9 Å². The van der Waals surface area contributed by atoms with Gasteiger partial charge in [0.15, 0.2) is 0 Å². The molecule has 1 aliphatic heterocycles. The predicted molar refractivity (Wildman–Crippen MR) is 97.0 cm³/mol. The van der Waals surface area contributed by atoms with Gasteiger partial charge in [0, 0.05) is 32.6 Å². The molecule has 1 aliphatic rings. The van der Waals surface area contributed by atoms with E-state index in [-0.39, 0.29) is 17.2 Å². The summed E-state index contributed by atoms with van der Waals surface area (Å²) in [6.07, 6.45) is 0.976. The number of hydrogen-bond acceptors (Lipinski definition) is 2. The van der Waals surface area contributed by atoms with Crippen LogP contribution in [-0.2, 0) is 21.4 Å². The van der Waals surface area contributed by atoms with Gasteiger partial charge in [-0.1, -0.05) is 45.9 Å². The van der Waals surface area contributed by atoms with Crippen LogP contribution < -0.4 is 0 Å². The van der Waals surface area contributed by atoms with Gasteiger partial charge in [-0.15, -0.1) is 0 Å². The lowest BCUT2D eigenvalue weighted by atomic mass is 9.85. The maximum Gasteiger partial charge on any atom is 0.227 e. The summed E-state index contributed by atoms with van der Waals surface area (Å²) in [6.45, 7) is 13.1. The molecule has 1 saturated heterocycles. The summed E-state index contributed by atoms with van der Waals surface area (Å²) < 4.78 is 0. The van der Waals surface area contributed by atoms with Crippen LogP contribution in [0, 0.1) is 6.92 Å². The summed E-state index contributed by atoms with van der Waals surface area (Å²) >= 11 is 0. The van der Waals surface area contributed by atoms with Crippen molar-refractivity contribution in [1.82, 2.24) is 9.80 Å². The fraction of sp³-hybridized carbons (Fsp3) is 0.600. The van der Waals surface area contributed by atoms with E-state index >= 15 is 0 Å². The normalized spacial score (nSPS) is 15.5. The van der Waals surface area contributed by atoms with Crippen molar-refractivity contribution in [2.75, 3.05) is 26.2 Å². The summed E-state index contributed by atoms with van der Waals surface area (Å²) in [5, 5.41) is 0. The lowest BCUT2D eigenvalue weighted by Gasteiger charge is -2.35. The summed E-state index contributed by atoms with van der Waals surface area (Å²) in [5.74, 6) is 0.337. The van der Waals surface area contributed by atoms with Crippen molar-refractivity contribution in [3.8, 4) is 0 Å². The minimum absolute atomic E-state index is 0.0810. The zero-order valence-corrected chi connectivity index (χ0v) is 15.7. The molecule has 4 nitrogen and oxygen atoms in total. The Kier molecular flexibility index (Phi) is 5.68. The minimum Gasteiger partial charge on any atom is -0.339 e. The molecule has 0 aliphatic carbocycles. The summed E-state index contributed by atoms with van der Waals surface area (Å²) in [4.78, 5) is 28.1. The van der Waals surface area contributed by atoms with Gasteiger partial charge in [-0.25, -0.2) is 0 Å². The Morgan fingerprint density at radius 2 is 1.54 bits per heavy atom. The van der Waals surface area contributed by atoms with E-state index in [1.165, 1.54) is 5.56 Å². The van der Waals surface area contributed by atoms with Gasteiger partial charge < -0.3 is 9.80 Å². The first-order chi connectivity index (χ1) is 11.2. The molecule has 0 unspecified atom stereocenters. The molecular formula is C20H30N2O2. The third kappa shape index (κ3) is 4.37. The molecule has 0 radical (unpaired) electrons. The number of amides is 2. The second kappa shape index (κ2) is 7.37. The molecule has 2 amide bonds. The highest BCUT2D eigenvalue weighted by Gasteiger charge is 2.24. The first kappa shape index (κ1) is 18.5. The van der Waals surface area contributed by atoms with Crippen molar-refractivity contribution in [1.29, 1.82) is 0 Å². The van der Waals surface area contributed by atoms with Crippen LogP contribution in [0.2, 0.25) is 0 Å². The minimum atomic E-state index is 0.0810. The maximum atomic E-state index is 12.6. The average molecular weight is 330 g/mol. The third-order valence-electron chi connectivity index (χ3n) is 4.84. The molecule has 1 fully saturated rings. The summed E-state index contributed by atoms with van der Waals surface area (Å²) in [6, 6.07) is 6.43. The quantitative estimate of drug-likeness (QED) is 0.855. The van der Waals surface area contributed by atoms with Crippen LogP contribution in [0.3, 0.4) is 0 Å². The summed E-state index contributed by atoms with van der Waals surface area (Å²) in [5.41, 5.74) is 3.61. The molecule has 0 bridgehead atoms. The molecule has 1 aromatic rings. The summed E-state index contributed by atoms with van der Waals surface area (Å²) in [7, 11) is 0. The lowest BCUT2D eigenvalue weighted by molar-refractivity contribution is -0.139. The zero-order valence-electron chi connectivity index (χ0n) is 15.7. The zero-order chi connectivity index (χ0) is 17.9. The molecule has 0 atom stereocenters. The molecule has 2 rings (SSSR count). The Labute approximate surface area is 145 Å². The van der Waals surface area contributed by atoms with Crippen molar-refractivity contribution >= 4 is 11.8 Å². The first-order valence-electron chi connectivity index (χ1n) is 8.88. The number of carbonyl (C=O) groups is 2. The SMILES string of the molecule is CCC(=O)N1CCN(C(=O)Cc2cc(C(C)(C)C)ccc2C)CC1. The van der Waals surface area contributed by atoms with Crippen LogP contribution in [-0.4, -0.2) is 47.8 Å². The Hall–Kier alpha value is -1.84. The Balaban J connectivity index is 2.02. The maximum absolute atomic E-state index is 12.6. The Bertz CT molecular complexity index is 609. The van der Waals surface area contributed by atoms with Gasteiger partial charge >= 0.3 is 0 Å². The van der Waals surface area contributed by atoms with Crippen molar-refractivity contribution < 1.29 is 9.59 Å². The van der Waals surface area contributed by atoms with Gasteiger partial charge in [-0.05, 0) is 29.0 Å². The molecule has 0 spiro atoms. The number of rotatable bonds is 3. The standard InChI is InChI=1S/C20H30N2O2/c1-6-18(23)21-9-11-22(12-10-21)19(24)14-16-13-17(20(3,4)5)8-7-15(16)2/h7-8,13H,6,9-12,14H2,1-5H3. The number of nitrogens with zero attached hydrogens (tertiary/aromatic N) is 2. The molecule has 132 valence electrons.